The fourth-order valence-electron chi connectivity index (χ4n) is 5.35. The number of hydrogen-bond acceptors (Lipinski definition) is 4. The van der Waals surface area contributed by atoms with Crippen molar-refractivity contribution in [2.24, 2.45) is 17.3 Å². The minimum Gasteiger partial charge on any atom is -0.478 e. The highest BCUT2D eigenvalue weighted by atomic mass is 19.4. The average molecular weight is 476 g/mol. The maximum atomic E-state index is 12.5. The Hall–Kier alpha value is -3.23. The van der Waals surface area contributed by atoms with Crippen LogP contribution in [-0.2, 0) is 6.54 Å². The van der Waals surface area contributed by atoms with Crippen molar-refractivity contribution >= 4 is 28.6 Å². The van der Waals surface area contributed by atoms with Crippen LogP contribution in [0.5, 0.6) is 5.75 Å². The number of ether oxygens (including phenoxy) is 1. The van der Waals surface area contributed by atoms with Crippen molar-refractivity contribution in [2.45, 2.75) is 52.9 Å². The molecule has 2 N–H and O–H groups in total. The van der Waals surface area contributed by atoms with E-state index in [9.17, 15) is 23.1 Å². The topological polar surface area (TPSA) is 76.4 Å². The fraction of sp³-hybridized carbons (Fsp3) is 0.440. The first-order valence-corrected chi connectivity index (χ1v) is 11.2. The van der Waals surface area contributed by atoms with Crippen LogP contribution in [0, 0.1) is 17.3 Å². The lowest BCUT2D eigenvalue weighted by Gasteiger charge is -2.39. The number of hydrogen-bond donors (Lipinski definition) is 2. The van der Waals surface area contributed by atoms with E-state index >= 15 is 0 Å². The van der Waals surface area contributed by atoms with Crippen molar-refractivity contribution in [1.82, 2.24) is 9.55 Å². The maximum absolute atomic E-state index is 12.5. The molecule has 1 heterocycles. The number of aromatic carboxylic acids is 1. The van der Waals surface area contributed by atoms with Gasteiger partial charge in [-0.2, -0.15) is 0 Å². The molecule has 1 fully saturated rings. The third-order valence-corrected chi connectivity index (χ3v) is 6.26. The van der Waals surface area contributed by atoms with Crippen LogP contribution in [0.1, 0.15) is 50.4 Å². The van der Waals surface area contributed by atoms with Gasteiger partial charge in [0.15, 0.2) is 0 Å². The molecule has 1 aliphatic carbocycles. The van der Waals surface area contributed by atoms with Gasteiger partial charge in [-0.15, -0.1) is 13.2 Å². The van der Waals surface area contributed by atoms with Crippen molar-refractivity contribution in [2.75, 3.05) is 5.32 Å². The molecule has 3 aromatic rings. The van der Waals surface area contributed by atoms with E-state index in [1.807, 2.05) is 4.57 Å². The summed E-state index contributed by atoms with van der Waals surface area (Å²) in [4.78, 5) is 16.2. The van der Waals surface area contributed by atoms with E-state index < -0.39 is 12.3 Å². The molecular formula is C25H28F3N3O3. The quantitative estimate of drug-likeness (QED) is 0.408. The first kappa shape index (κ1) is 23.9. The van der Waals surface area contributed by atoms with Gasteiger partial charge in [-0.25, -0.2) is 9.78 Å². The van der Waals surface area contributed by atoms with Crippen molar-refractivity contribution in [1.29, 1.82) is 0 Å². The lowest BCUT2D eigenvalue weighted by atomic mass is 9.68. The molecule has 1 aliphatic rings. The van der Waals surface area contributed by atoms with Crippen LogP contribution in [0.25, 0.3) is 11.0 Å². The van der Waals surface area contributed by atoms with Gasteiger partial charge in [-0.05, 0) is 79.0 Å². The summed E-state index contributed by atoms with van der Waals surface area (Å²) < 4.78 is 43.3. The Morgan fingerprint density at radius 2 is 1.91 bits per heavy atom. The van der Waals surface area contributed by atoms with Crippen LogP contribution in [0.3, 0.4) is 0 Å². The number of alkyl halides is 3. The molecule has 182 valence electrons. The summed E-state index contributed by atoms with van der Waals surface area (Å²) in [6.45, 7) is 7.46. The number of nitrogens with zero attached hydrogens (tertiary/aromatic N) is 2. The largest absolute Gasteiger partial charge is 0.573 e. The monoisotopic (exact) mass is 475 g/mol. The Bertz CT molecular complexity index is 1190. The number of rotatable bonds is 6. The summed E-state index contributed by atoms with van der Waals surface area (Å²) in [5.74, 6) is 0.148. The molecule has 1 aromatic heterocycles. The van der Waals surface area contributed by atoms with Gasteiger partial charge < -0.3 is 19.7 Å². The predicted molar refractivity (Wildman–Crippen MR) is 123 cm³/mol. The molecule has 2 atom stereocenters. The normalized spacial score (nSPS) is 20.3. The Balaban J connectivity index is 1.67. The van der Waals surface area contributed by atoms with E-state index in [0.717, 1.165) is 19.3 Å². The van der Waals surface area contributed by atoms with Crippen LogP contribution in [0.4, 0.5) is 24.8 Å². The lowest BCUT2D eigenvalue weighted by molar-refractivity contribution is -0.274. The number of aromatic nitrogens is 2. The average Bonchev–Trinajstić information content (AvgIpc) is 3.03. The zero-order valence-corrected chi connectivity index (χ0v) is 19.3. The molecule has 2 aromatic carbocycles. The zero-order valence-electron chi connectivity index (χ0n) is 19.3. The lowest BCUT2D eigenvalue weighted by Crippen LogP contribution is -2.30. The van der Waals surface area contributed by atoms with Crippen LogP contribution < -0.4 is 10.1 Å². The molecular weight excluding hydrogens is 447 g/mol. The fourth-order valence-corrected chi connectivity index (χ4v) is 5.35. The molecule has 0 radical (unpaired) electrons. The number of anilines is 2. The SMILES string of the molecule is C[C@H]1CC(Cn2c(Nc3ccc(OC(F)(F)F)cc3)nc3ccc(C(=O)O)cc32)CC(C)(C)C1. The Labute approximate surface area is 195 Å². The number of nitrogens with one attached hydrogen (secondary N) is 1. The van der Waals surface area contributed by atoms with Gasteiger partial charge >= 0.3 is 12.3 Å². The first-order valence-electron chi connectivity index (χ1n) is 11.2. The van der Waals surface area contributed by atoms with Gasteiger partial charge in [-0.1, -0.05) is 20.8 Å². The number of carbonyl (C=O) groups is 1. The molecule has 1 saturated carbocycles. The van der Waals surface area contributed by atoms with E-state index in [-0.39, 0.29) is 16.7 Å². The molecule has 9 heteroatoms. The van der Waals surface area contributed by atoms with Gasteiger partial charge in [-0.3, -0.25) is 0 Å². The molecule has 0 amide bonds. The number of imidazole rings is 1. The molecule has 0 bridgehead atoms. The van der Waals surface area contributed by atoms with E-state index in [1.165, 1.54) is 30.3 Å². The Morgan fingerprint density at radius 1 is 1.21 bits per heavy atom. The third-order valence-electron chi connectivity index (χ3n) is 6.26. The summed E-state index contributed by atoms with van der Waals surface area (Å²) in [5.41, 5.74) is 2.28. The molecule has 1 unspecified atom stereocenters. The first-order chi connectivity index (χ1) is 15.9. The summed E-state index contributed by atoms with van der Waals surface area (Å²) in [6.07, 6.45) is -1.49. The minimum atomic E-state index is -4.75. The smallest absolute Gasteiger partial charge is 0.478 e. The minimum absolute atomic E-state index is 0.172. The second kappa shape index (κ2) is 8.85. The zero-order chi connectivity index (χ0) is 24.7. The highest BCUT2D eigenvalue weighted by molar-refractivity contribution is 5.93. The van der Waals surface area contributed by atoms with Crippen molar-refractivity contribution in [3.05, 3.63) is 48.0 Å². The van der Waals surface area contributed by atoms with Crippen LogP contribution in [0.2, 0.25) is 0 Å². The van der Waals surface area contributed by atoms with E-state index in [2.05, 4.69) is 35.8 Å². The second-order valence-corrected chi connectivity index (χ2v) is 10.0. The number of carboxylic acid groups (broad SMARTS) is 1. The second-order valence-electron chi connectivity index (χ2n) is 10.0. The van der Waals surface area contributed by atoms with Crippen LogP contribution >= 0.6 is 0 Å². The van der Waals surface area contributed by atoms with Gasteiger partial charge in [0.25, 0.3) is 0 Å². The summed E-state index contributed by atoms with van der Waals surface area (Å²) in [6, 6.07) is 10.2. The van der Waals surface area contributed by atoms with Crippen LogP contribution in [-0.4, -0.2) is 27.0 Å². The van der Waals surface area contributed by atoms with Crippen molar-refractivity contribution < 1.29 is 27.8 Å². The Morgan fingerprint density at radius 3 is 2.53 bits per heavy atom. The number of fused-ring (bicyclic) bond motifs is 1. The van der Waals surface area contributed by atoms with E-state index in [0.29, 0.717) is 41.0 Å². The van der Waals surface area contributed by atoms with Crippen LogP contribution in [0.15, 0.2) is 42.5 Å². The molecule has 6 nitrogen and oxygen atoms in total. The summed E-state index contributed by atoms with van der Waals surface area (Å²) in [5, 5.41) is 12.7. The van der Waals surface area contributed by atoms with Gasteiger partial charge in [0, 0.05) is 12.2 Å². The number of halogens is 3. The third kappa shape index (κ3) is 5.63. The number of carboxylic acids is 1. The van der Waals surface area contributed by atoms with Gasteiger partial charge in [0.1, 0.15) is 5.75 Å². The maximum Gasteiger partial charge on any atom is 0.573 e. The predicted octanol–water partition coefficient (Wildman–Crippen LogP) is 6.84. The molecule has 0 saturated heterocycles. The molecule has 34 heavy (non-hydrogen) atoms. The van der Waals surface area contributed by atoms with Gasteiger partial charge in [0.05, 0.1) is 16.6 Å². The van der Waals surface area contributed by atoms with Gasteiger partial charge in [0.2, 0.25) is 5.95 Å². The Kier molecular flexibility index (Phi) is 6.22. The highest BCUT2D eigenvalue weighted by Gasteiger charge is 2.33. The van der Waals surface area contributed by atoms with E-state index in [4.69, 9.17) is 0 Å². The highest BCUT2D eigenvalue weighted by Crippen LogP contribution is 2.43. The standard InChI is InChI=1S/C25H28F3N3O3/c1-15-10-16(13-24(2,3)12-15)14-31-21-11-17(22(32)33)4-9-20(21)30-23(31)29-18-5-7-19(8-6-18)34-25(26,27)28/h4-9,11,15-16H,10,12-14H2,1-3H3,(H,29,30)(H,32,33)/t15-,16?/m0/s1. The van der Waals surface area contributed by atoms with E-state index in [1.54, 1.807) is 12.1 Å². The summed E-state index contributed by atoms with van der Waals surface area (Å²) in [7, 11) is 0. The summed E-state index contributed by atoms with van der Waals surface area (Å²) >= 11 is 0. The van der Waals surface area contributed by atoms with Crippen molar-refractivity contribution in [3.63, 3.8) is 0 Å². The molecule has 4 rings (SSSR count). The van der Waals surface area contributed by atoms with Crippen molar-refractivity contribution in [3.8, 4) is 5.75 Å². The molecule has 0 aliphatic heterocycles. The number of benzene rings is 2. The molecule has 0 spiro atoms.